The van der Waals surface area contributed by atoms with Crippen LogP contribution in [0.4, 0.5) is 0 Å². The molecule has 2 rings (SSSR count). The SMILES string of the molecule is CCCN=C1NS(=O)(=O)C(c2ccc(C(C)C)cc2)=C1C. The predicted molar refractivity (Wildman–Crippen MR) is 87.8 cm³/mol. The molecule has 4 nitrogen and oxygen atoms in total. The number of rotatable bonds is 4. The van der Waals surface area contributed by atoms with Crippen molar-refractivity contribution in [3.8, 4) is 0 Å². The standard InChI is InChI=1S/C16H22N2O2S/c1-5-10-17-16-12(4)15(21(19,20)18-16)14-8-6-13(7-9-14)11(2)3/h6-9,11H,5,10H2,1-4H3,(H,17,18). The van der Waals surface area contributed by atoms with Gasteiger partial charge in [-0.2, -0.15) is 0 Å². The van der Waals surface area contributed by atoms with E-state index in [1.54, 1.807) is 6.92 Å². The number of amidine groups is 1. The van der Waals surface area contributed by atoms with Crippen molar-refractivity contribution in [3.63, 3.8) is 0 Å². The minimum atomic E-state index is -3.50. The molecule has 114 valence electrons. The molecule has 1 aliphatic heterocycles. The minimum Gasteiger partial charge on any atom is -0.268 e. The van der Waals surface area contributed by atoms with Crippen LogP contribution < -0.4 is 4.72 Å². The molecule has 0 amide bonds. The van der Waals surface area contributed by atoms with Gasteiger partial charge in [-0.25, -0.2) is 8.42 Å². The average molecular weight is 306 g/mol. The van der Waals surface area contributed by atoms with Gasteiger partial charge in [0.05, 0.1) is 0 Å². The molecule has 0 bridgehead atoms. The van der Waals surface area contributed by atoms with E-state index in [4.69, 9.17) is 0 Å². The Kier molecular flexibility index (Phi) is 4.52. The lowest BCUT2D eigenvalue weighted by molar-refractivity contribution is 0.603. The molecule has 1 aliphatic rings. The van der Waals surface area contributed by atoms with Crippen LogP contribution in [-0.4, -0.2) is 20.8 Å². The Balaban J connectivity index is 2.47. The van der Waals surface area contributed by atoms with Crippen LogP contribution in [0, 0.1) is 0 Å². The largest absolute Gasteiger partial charge is 0.268 e. The summed E-state index contributed by atoms with van der Waals surface area (Å²) in [4.78, 5) is 4.65. The second-order valence-electron chi connectivity index (χ2n) is 5.57. The second kappa shape index (κ2) is 6.02. The number of hydrogen-bond donors (Lipinski definition) is 1. The van der Waals surface area contributed by atoms with Gasteiger partial charge in [0.2, 0.25) is 0 Å². The molecule has 0 fully saturated rings. The molecule has 1 heterocycles. The Hall–Kier alpha value is -1.62. The van der Waals surface area contributed by atoms with Crippen molar-refractivity contribution in [3.05, 3.63) is 41.0 Å². The van der Waals surface area contributed by atoms with E-state index in [2.05, 4.69) is 23.6 Å². The number of aliphatic imine (C=N–C) groups is 1. The van der Waals surface area contributed by atoms with Crippen molar-refractivity contribution in [2.45, 2.75) is 40.0 Å². The predicted octanol–water partition coefficient (Wildman–Crippen LogP) is 3.28. The van der Waals surface area contributed by atoms with E-state index in [9.17, 15) is 8.42 Å². The van der Waals surface area contributed by atoms with Gasteiger partial charge in [0.25, 0.3) is 10.0 Å². The highest BCUT2D eigenvalue weighted by molar-refractivity contribution is 8.00. The first-order valence-electron chi connectivity index (χ1n) is 7.25. The van der Waals surface area contributed by atoms with Crippen LogP contribution in [0.5, 0.6) is 0 Å². The highest BCUT2D eigenvalue weighted by atomic mass is 32.2. The molecule has 0 radical (unpaired) electrons. The summed E-state index contributed by atoms with van der Waals surface area (Å²) in [6, 6.07) is 7.71. The van der Waals surface area contributed by atoms with Crippen molar-refractivity contribution >= 4 is 20.8 Å². The zero-order chi connectivity index (χ0) is 15.6. The summed E-state index contributed by atoms with van der Waals surface area (Å²) >= 11 is 0. The van der Waals surface area contributed by atoms with E-state index in [-0.39, 0.29) is 0 Å². The van der Waals surface area contributed by atoms with Gasteiger partial charge in [0, 0.05) is 12.1 Å². The van der Waals surface area contributed by atoms with E-state index < -0.39 is 10.0 Å². The highest BCUT2D eigenvalue weighted by Crippen LogP contribution is 2.30. The lowest BCUT2D eigenvalue weighted by Gasteiger charge is -2.07. The molecule has 1 aromatic carbocycles. The molecule has 0 saturated heterocycles. The molecule has 0 saturated carbocycles. The van der Waals surface area contributed by atoms with Gasteiger partial charge < -0.3 is 0 Å². The summed E-state index contributed by atoms with van der Waals surface area (Å²) in [5, 5.41) is 0. The fourth-order valence-electron chi connectivity index (χ4n) is 2.33. The van der Waals surface area contributed by atoms with Crippen LogP contribution in [0.2, 0.25) is 0 Å². The summed E-state index contributed by atoms with van der Waals surface area (Å²) in [6.07, 6.45) is 0.886. The molecule has 0 aliphatic carbocycles. The molecule has 0 spiro atoms. The van der Waals surface area contributed by atoms with E-state index in [0.29, 0.717) is 34.3 Å². The van der Waals surface area contributed by atoms with Gasteiger partial charge in [0.1, 0.15) is 10.7 Å². The van der Waals surface area contributed by atoms with Crippen LogP contribution in [0.1, 0.15) is 51.2 Å². The van der Waals surface area contributed by atoms with Gasteiger partial charge >= 0.3 is 0 Å². The number of benzene rings is 1. The van der Waals surface area contributed by atoms with Crippen molar-refractivity contribution in [2.24, 2.45) is 4.99 Å². The first kappa shape index (κ1) is 15.8. The molecule has 0 aromatic heterocycles. The van der Waals surface area contributed by atoms with Gasteiger partial charge in [-0.05, 0) is 30.4 Å². The summed E-state index contributed by atoms with van der Waals surface area (Å²) in [7, 11) is -3.50. The molecule has 0 unspecified atom stereocenters. The Bertz CT molecular complexity index is 683. The molecule has 1 aromatic rings. The summed E-state index contributed by atoms with van der Waals surface area (Å²) in [6.45, 7) is 8.66. The fraction of sp³-hybridized carbons (Fsp3) is 0.438. The Morgan fingerprint density at radius 1 is 1.19 bits per heavy atom. The number of nitrogens with zero attached hydrogens (tertiary/aromatic N) is 1. The molecule has 0 atom stereocenters. The van der Waals surface area contributed by atoms with Crippen LogP contribution >= 0.6 is 0 Å². The van der Waals surface area contributed by atoms with Crippen LogP contribution in [0.3, 0.4) is 0 Å². The third kappa shape index (κ3) is 3.18. The Morgan fingerprint density at radius 3 is 2.33 bits per heavy atom. The van der Waals surface area contributed by atoms with Crippen LogP contribution in [-0.2, 0) is 10.0 Å². The number of sulfonamides is 1. The molecular weight excluding hydrogens is 284 g/mol. The van der Waals surface area contributed by atoms with Crippen molar-refractivity contribution in [1.29, 1.82) is 0 Å². The smallest absolute Gasteiger partial charge is 0.264 e. The first-order chi connectivity index (χ1) is 9.86. The summed E-state index contributed by atoms with van der Waals surface area (Å²) in [5.74, 6) is 0.897. The maximum atomic E-state index is 12.3. The highest BCUT2D eigenvalue weighted by Gasteiger charge is 2.32. The van der Waals surface area contributed by atoms with Crippen LogP contribution in [0.25, 0.3) is 4.91 Å². The van der Waals surface area contributed by atoms with Crippen molar-refractivity contribution in [2.75, 3.05) is 6.54 Å². The molecule has 21 heavy (non-hydrogen) atoms. The summed E-state index contributed by atoms with van der Waals surface area (Å²) in [5.41, 5.74) is 2.60. The monoisotopic (exact) mass is 306 g/mol. The summed E-state index contributed by atoms with van der Waals surface area (Å²) < 4.78 is 27.2. The normalized spacial score (nSPS) is 19.4. The van der Waals surface area contributed by atoms with Gasteiger partial charge in [-0.15, -0.1) is 0 Å². The zero-order valence-electron chi connectivity index (χ0n) is 13.0. The average Bonchev–Trinajstić information content (AvgIpc) is 2.66. The number of nitrogens with one attached hydrogen (secondary N) is 1. The topological polar surface area (TPSA) is 58.5 Å². The maximum Gasteiger partial charge on any atom is 0.264 e. The van der Waals surface area contributed by atoms with Crippen LogP contribution in [0.15, 0.2) is 34.8 Å². The Labute approximate surface area is 127 Å². The third-order valence-corrected chi connectivity index (χ3v) is 5.07. The Morgan fingerprint density at radius 2 is 1.81 bits per heavy atom. The van der Waals surface area contributed by atoms with Gasteiger partial charge in [-0.3, -0.25) is 9.71 Å². The lowest BCUT2D eigenvalue weighted by Crippen LogP contribution is -2.23. The lowest BCUT2D eigenvalue weighted by atomic mass is 10.0. The number of hydrogen-bond acceptors (Lipinski definition) is 3. The van der Waals surface area contributed by atoms with Gasteiger partial charge in [0.15, 0.2) is 0 Å². The maximum absolute atomic E-state index is 12.3. The molecule has 1 N–H and O–H groups in total. The minimum absolute atomic E-state index is 0.340. The van der Waals surface area contributed by atoms with Gasteiger partial charge in [-0.1, -0.05) is 45.0 Å². The van der Waals surface area contributed by atoms with E-state index in [1.165, 1.54) is 5.56 Å². The zero-order valence-corrected chi connectivity index (χ0v) is 13.8. The van der Waals surface area contributed by atoms with E-state index in [0.717, 1.165) is 6.42 Å². The molecular formula is C16H22N2O2S. The van der Waals surface area contributed by atoms with E-state index >= 15 is 0 Å². The first-order valence-corrected chi connectivity index (χ1v) is 8.74. The fourth-order valence-corrected chi connectivity index (χ4v) is 3.85. The van der Waals surface area contributed by atoms with E-state index in [1.807, 2.05) is 31.2 Å². The quantitative estimate of drug-likeness (QED) is 0.928. The third-order valence-electron chi connectivity index (χ3n) is 3.53. The second-order valence-corrected chi connectivity index (χ2v) is 7.19. The van der Waals surface area contributed by atoms with Crippen molar-refractivity contribution < 1.29 is 8.42 Å². The molecule has 5 heteroatoms. The van der Waals surface area contributed by atoms with Crippen molar-refractivity contribution in [1.82, 2.24) is 4.72 Å².